The Hall–Kier alpha value is -1.93. The summed E-state index contributed by atoms with van der Waals surface area (Å²) in [6.45, 7) is 8.52. The molecule has 3 rings (SSSR count). The number of fused-ring (bicyclic) bond motifs is 1. The zero-order valence-electron chi connectivity index (χ0n) is 15.3. The van der Waals surface area contributed by atoms with E-state index in [2.05, 4.69) is 46.0 Å². The lowest BCUT2D eigenvalue weighted by molar-refractivity contribution is -0.144. The number of likely N-dealkylation sites (N-methyl/N-ethyl adjacent to an activating group) is 1. The van der Waals surface area contributed by atoms with Crippen molar-refractivity contribution in [3.05, 3.63) is 30.1 Å². The van der Waals surface area contributed by atoms with Crippen LogP contribution in [0, 0.1) is 0 Å². The van der Waals surface area contributed by atoms with Gasteiger partial charge in [-0.25, -0.2) is 9.97 Å². The van der Waals surface area contributed by atoms with Gasteiger partial charge >= 0.3 is 6.18 Å². The largest absolute Gasteiger partial charge is 0.451 e. The highest BCUT2D eigenvalue weighted by atomic mass is 19.4. The number of hydrogen-bond donors (Lipinski definition) is 1. The van der Waals surface area contributed by atoms with Crippen LogP contribution < -0.4 is 5.32 Å². The quantitative estimate of drug-likeness (QED) is 0.900. The summed E-state index contributed by atoms with van der Waals surface area (Å²) >= 11 is 0. The molecule has 0 atom stereocenters. The van der Waals surface area contributed by atoms with Gasteiger partial charge in [-0.05, 0) is 33.0 Å². The van der Waals surface area contributed by atoms with Gasteiger partial charge in [-0.15, -0.1) is 0 Å². The molecule has 1 saturated heterocycles. The molecule has 0 radical (unpaired) electrons. The second kappa shape index (κ2) is 7.00. The van der Waals surface area contributed by atoms with Crippen LogP contribution in [0.4, 0.5) is 19.0 Å². The Bertz CT molecular complexity index is 767. The third kappa shape index (κ3) is 4.07. The van der Waals surface area contributed by atoms with Crippen molar-refractivity contribution in [3.63, 3.8) is 0 Å². The minimum absolute atomic E-state index is 0.203. The molecule has 0 unspecified atom stereocenters. The molecule has 1 aliphatic heterocycles. The van der Waals surface area contributed by atoms with Gasteiger partial charge in [0.05, 0.1) is 5.52 Å². The first-order chi connectivity index (χ1) is 12.2. The zero-order valence-corrected chi connectivity index (χ0v) is 15.3. The molecule has 0 spiro atoms. The Kier molecular flexibility index (Phi) is 5.07. The number of para-hydroxylation sites is 1. The normalized spacial score (nSPS) is 17.6. The highest BCUT2D eigenvalue weighted by Gasteiger charge is 2.36. The molecule has 0 aliphatic carbocycles. The molecular weight excluding hydrogens is 343 g/mol. The molecule has 26 heavy (non-hydrogen) atoms. The number of hydrogen-bond acceptors (Lipinski definition) is 5. The molecule has 142 valence electrons. The average molecular weight is 367 g/mol. The first-order valence-electron chi connectivity index (χ1n) is 8.68. The summed E-state index contributed by atoms with van der Waals surface area (Å²) in [5, 5.41) is 3.73. The van der Waals surface area contributed by atoms with Crippen molar-refractivity contribution in [2.45, 2.75) is 25.6 Å². The molecule has 1 fully saturated rings. The second-order valence-electron chi connectivity index (χ2n) is 7.37. The molecule has 8 heteroatoms. The molecule has 1 aromatic heterocycles. The lowest BCUT2D eigenvalue weighted by atomic mass is 10.0. The van der Waals surface area contributed by atoms with Crippen LogP contribution in [0.3, 0.4) is 0 Å². The van der Waals surface area contributed by atoms with Gasteiger partial charge in [0, 0.05) is 43.6 Å². The van der Waals surface area contributed by atoms with Crippen molar-refractivity contribution in [1.82, 2.24) is 19.8 Å². The number of piperazine rings is 1. The van der Waals surface area contributed by atoms with Gasteiger partial charge in [-0.3, -0.25) is 4.90 Å². The van der Waals surface area contributed by atoms with E-state index in [-0.39, 0.29) is 16.9 Å². The molecule has 2 heterocycles. The number of rotatable bonds is 4. The number of nitrogens with zero attached hydrogens (tertiary/aromatic N) is 4. The van der Waals surface area contributed by atoms with Crippen molar-refractivity contribution in [1.29, 1.82) is 0 Å². The van der Waals surface area contributed by atoms with Crippen LogP contribution >= 0.6 is 0 Å². The van der Waals surface area contributed by atoms with Crippen molar-refractivity contribution in [2.24, 2.45) is 0 Å². The predicted octanol–water partition coefficient (Wildman–Crippen LogP) is 3.09. The number of aromatic nitrogens is 2. The van der Waals surface area contributed by atoms with Crippen LogP contribution in [-0.2, 0) is 6.18 Å². The van der Waals surface area contributed by atoms with Crippen LogP contribution in [0.2, 0.25) is 0 Å². The second-order valence-corrected chi connectivity index (χ2v) is 7.37. The van der Waals surface area contributed by atoms with Crippen LogP contribution in [0.25, 0.3) is 10.9 Å². The molecule has 5 nitrogen and oxygen atoms in total. The third-order valence-electron chi connectivity index (χ3n) is 4.90. The van der Waals surface area contributed by atoms with Gasteiger partial charge in [-0.2, -0.15) is 13.2 Å². The van der Waals surface area contributed by atoms with Crippen LogP contribution in [-0.4, -0.2) is 65.1 Å². The van der Waals surface area contributed by atoms with E-state index in [1.54, 1.807) is 24.3 Å². The summed E-state index contributed by atoms with van der Waals surface area (Å²) in [6, 6.07) is 6.76. The SMILES string of the molecule is CN1CCN(C(C)(C)CNc2nc(C(F)(F)F)nc3ccccc23)CC1. The summed E-state index contributed by atoms with van der Waals surface area (Å²) in [5.41, 5.74) is 0.0841. The Morgan fingerprint density at radius 3 is 2.35 bits per heavy atom. The van der Waals surface area contributed by atoms with E-state index in [4.69, 9.17) is 0 Å². The van der Waals surface area contributed by atoms with E-state index in [9.17, 15) is 13.2 Å². The van der Waals surface area contributed by atoms with E-state index in [0.717, 1.165) is 26.2 Å². The lowest BCUT2D eigenvalue weighted by Crippen LogP contribution is -2.56. The summed E-state index contributed by atoms with van der Waals surface area (Å²) < 4.78 is 39.4. The molecule has 0 saturated carbocycles. The predicted molar refractivity (Wildman–Crippen MR) is 96.2 cm³/mol. The summed E-state index contributed by atoms with van der Waals surface area (Å²) in [5.74, 6) is -0.888. The van der Waals surface area contributed by atoms with Crippen molar-refractivity contribution in [3.8, 4) is 0 Å². The molecule has 0 amide bonds. The molecule has 1 aliphatic rings. The molecule has 1 aromatic carbocycles. The number of anilines is 1. The summed E-state index contributed by atoms with van der Waals surface area (Å²) in [7, 11) is 2.09. The summed E-state index contributed by atoms with van der Waals surface area (Å²) in [6.07, 6.45) is -4.58. The maximum atomic E-state index is 13.1. The fraction of sp³-hybridized carbons (Fsp3) is 0.556. The van der Waals surface area contributed by atoms with Crippen LogP contribution in [0.15, 0.2) is 24.3 Å². The van der Waals surface area contributed by atoms with Crippen molar-refractivity contribution in [2.75, 3.05) is 45.1 Å². The molecule has 1 N–H and O–H groups in total. The Morgan fingerprint density at radius 1 is 1.04 bits per heavy atom. The van der Waals surface area contributed by atoms with Crippen molar-refractivity contribution < 1.29 is 13.2 Å². The first kappa shape index (κ1) is 18.8. The highest BCUT2D eigenvalue weighted by Crippen LogP contribution is 2.30. The third-order valence-corrected chi connectivity index (χ3v) is 4.90. The van der Waals surface area contributed by atoms with Gasteiger partial charge in [-0.1, -0.05) is 12.1 Å². The van der Waals surface area contributed by atoms with Crippen LogP contribution in [0.5, 0.6) is 0 Å². The standard InChI is InChI=1S/C18H24F3N5/c1-17(2,26-10-8-25(3)9-11-26)12-22-15-13-6-4-5-7-14(13)23-16(24-15)18(19,20)21/h4-7H,8-12H2,1-3H3,(H,22,23,24). The monoisotopic (exact) mass is 367 g/mol. The van der Waals surface area contributed by atoms with Gasteiger partial charge in [0.25, 0.3) is 0 Å². The molecular formula is C18H24F3N5. The highest BCUT2D eigenvalue weighted by molar-refractivity contribution is 5.89. The number of alkyl halides is 3. The maximum Gasteiger partial charge on any atom is 0.451 e. The maximum absolute atomic E-state index is 13.1. The van der Waals surface area contributed by atoms with E-state index < -0.39 is 12.0 Å². The smallest absolute Gasteiger partial charge is 0.368 e. The first-order valence-corrected chi connectivity index (χ1v) is 8.68. The fourth-order valence-corrected chi connectivity index (χ4v) is 3.16. The van der Waals surface area contributed by atoms with Gasteiger partial charge < -0.3 is 10.2 Å². The van der Waals surface area contributed by atoms with Crippen molar-refractivity contribution >= 4 is 16.7 Å². The number of halogens is 3. The zero-order chi connectivity index (χ0) is 18.9. The Morgan fingerprint density at radius 2 is 1.69 bits per heavy atom. The van der Waals surface area contributed by atoms with Crippen LogP contribution in [0.1, 0.15) is 19.7 Å². The molecule has 0 bridgehead atoms. The van der Waals surface area contributed by atoms with Gasteiger partial charge in [0.2, 0.25) is 5.82 Å². The Balaban J connectivity index is 1.83. The Labute approximate surface area is 151 Å². The topological polar surface area (TPSA) is 44.3 Å². The van der Waals surface area contributed by atoms with E-state index in [1.165, 1.54) is 0 Å². The minimum Gasteiger partial charge on any atom is -0.368 e. The summed E-state index contributed by atoms with van der Waals surface area (Å²) in [4.78, 5) is 12.0. The van der Waals surface area contributed by atoms with Gasteiger partial charge in [0.15, 0.2) is 0 Å². The van der Waals surface area contributed by atoms with E-state index in [1.807, 2.05) is 0 Å². The lowest BCUT2D eigenvalue weighted by Gasteiger charge is -2.43. The fourth-order valence-electron chi connectivity index (χ4n) is 3.16. The minimum atomic E-state index is -4.58. The van der Waals surface area contributed by atoms with E-state index >= 15 is 0 Å². The molecule has 2 aromatic rings. The average Bonchev–Trinajstić information content (AvgIpc) is 2.59. The van der Waals surface area contributed by atoms with E-state index in [0.29, 0.717) is 11.9 Å². The number of nitrogens with one attached hydrogen (secondary N) is 1. The van der Waals surface area contributed by atoms with Gasteiger partial charge in [0.1, 0.15) is 5.82 Å². The number of benzene rings is 1.